The predicted molar refractivity (Wildman–Crippen MR) is 124 cm³/mol. The van der Waals surface area contributed by atoms with E-state index in [0.29, 0.717) is 29.1 Å². The third-order valence-electron chi connectivity index (χ3n) is 5.47. The van der Waals surface area contributed by atoms with Crippen molar-refractivity contribution in [1.82, 2.24) is 19.6 Å². The largest absolute Gasteiger partial charge is 0.492 e. The van der Waals surface area contributed by atoms with Crippen molar-refractivity contribution in [3.8, 4) is 5.75 Å². The topological polar surface area (TPSA) is 81.4 Å². The van der Waals surface area contributed by atoms with Gasteiger partial charge in [0.2, 0.25) is 5.91 Å². The fraction of sp³-hybridized carbons (Fsp3) is 0.364. The van der Waals surface area contributed by atoms with Gasteiger partial charge in [-0.3, -0.25) is 9.20 Å². The highest BCUT2D eigenvalue weighted by molar-refractivity contribution is 7.99. The Kier molecular flexibility index (Phi) is 5.54. The van der Waals surface area contributed by atoms with Crippen LogP contribution in [0.4, 0.5) is 5.69 Å². The number of para-hydroxylation sites is 2. The summed E-state index contributed by atoms with van der Waals surface area (Å²) in [7, 11) is 0. The summed E-state index contributed by atoms with van der Waals surface area (Å²) in [6, 6.07) is 7.44. The Bertz CT molecular complexity index is 1270. The number of nitrogens with one attached hydrogen (secondary N) is 1. The fourth-order valence-electron chi connectivity index (χ4n) is 3.99. The number of hydrogen-bond acceptors (Lipinski definition) is 7. The minimum atomic E-state index is -0.121. The number of aryl methyl sites for hydroxylation is 1. The number of carbonyl (C=O) groups excluding carboxylic acids is 1. The van der Waals surface area contributed by atoms with Crippen molar-refractivity contribution in [3.05, 3.63) is 41.0 Å². The molecular formula is C22H23N5O2S2. The zero-order valence-corrected chi connectivity index (χ0v) is 19.1. The second-order valence-corrected chi connectivity index (χ2v) is 9.74. The molecule has 0 saturated heterocycles. The number of anilines is 1. The first-order chi connectivity index (χ1) is 15.1. The van der Waals surface area contributed by atoms with E-state index < -0.39 is 0 Å². The van der Waals surface area contributed by atoms with Gasteiger partial charge in [0.15, 0.2) is 10.8 Å². The molecule has 1 aromatic carbocycles. The molecule has 0 radical (unpaired) electrons. The first kappa shape index (κ1) is 20.3. The van der Waals surface area contributed by atoms with Gasteiger partial charge in [0.05, 0.1) is 23.4 Å². The van der Waals surface area contributed by atoms with Crippen LogP contribution < -0.4 is 10.1 Å². The predicted octanol–water partition coefficient (Wildman–Crippen LogP) is 4.59. The van der Waals surface area contributed by atoms with E-state index in [9.17, 15) is 4.79 Å². The van der Waals surface area contributed by atoms with Crippen molar-refractivity contribution in [2.75, 3.05) is 17.7 Å². The van der Waals surface area contributed by atoms with E-state index >= 15 is 0 Å². The molecule has 0 spiro atoms. The van der Waals surface area contributed by atoms with E-state index in [1.165, 1.54) is 28.6 Å². The number of thiophene rings is 1. The monoisotopic (exact) mass is 453 g/mol. The number of amides is 1. The van der Waals surface area contributed by atoms with E-state index in [2.05, 4.69) is 27.4 Å². The maximum atomic E-state index is 12.5. The molecule has 1 aliphatic carbocycles. The average Bonchev–Trinajstić information content (AvgIpc) is 3.34. The fourth-order valence-corrected chi connectivity index (χ4v) is 6.03. The van der Waals surface area contributed by atoms with Crippen LogP contribution in [0.2, 0.25) is 0 Å². The highest BCUT2D eigenvalue weighted by Crippen LogP contribution is 2.39. The SMILES string of the molecule is CCOc1ccccc1NC(=O)CSc1nnc2c3c4c(sc3ncn12)CC(C)CC4. The first-order valence-corrected chi connectivity index (χ1v) is 12.2. The number of nitrogens with zero attached hydrogens (tertiary/aromatic N) is 4. The van der Waals surface area contributed by atoms with Crippen LogP contribution in [0.1, 0.15) is 30.7 Å². The minimum absolute atomic E-state index is 0.121. The molecule has 160 valence electrons. The van der Waals surface area contributed by atoms with Crippen LogP contribution in [0.15, 0.2) is 35.7 Å². The van der Waals surface area contributed by atoms with Gasteiger partial charge in [0.25, 0.3) is 0 Å². The molecule has 7 nitrogen and oxygen atoms in total. The molecule has 9 heteroatoms. The lowest BCUT2D eigenvalue weighted by atomic mass is 9.89. The summed E-state index contributed by atoms with van der Waals surface area (Å²) in [4.78, 5) is 19.7. The van der Waals surface area contributed by atoms with Crippen molar-refractivity contribution in [2.45, 2.75) is 38.3 Å². The molecule has 3 heterocycles. The highest BCUT2D eigenvalue weighted by atomic mass is 32.2. The van der Waals surface area contributed by atoms with E-state index in [4.69, 9.17) is 4.74 Å². The van der Waals surface area contributed by atoms with E-state index in [-0.39, 0.29) is 11.7 Å². The maximum Gasteiger partial charge on any atom is 0.234 e. The normalized spacial score (nSPS) is 15.9. The van der Waals surface area contributed by atoms with E-state index in [0.717, 1.165) is 28.7 Å². The van der Waals surface area contributed by atoms with Gasteiger partial charge in [-0.1, -0.05) is 30.8 Å². The number of hydrogen-bond donors (Lipinski definition) is 1. The van der Waals surface area contributed by atoms with Gasteiger partial charge in [-0.25, -0.2) is 4.98 Å². The smallest absolute Gasteiger partial charge is 0.234 e. The lowest BCUT2D eigenvalue weighted by molar-refractivity contribution is -0.113. The van der Waals surface area contributed by atoms with Crippen molar-refractivity contribution in [3.63, 3.8) is 0 Å². The van der Waals surface area contributed by atoms with Gasteiger partial charge in [0.1, 0.15) is 16.9 Å². The second kappa shape index (κ2) is 8.47. The van der Waals surface area contributed by atoms with Gasteiger partial charge in [-0.05, 0) is 49.8 Å². The first-order valence-electron chi connectivity index (χ1n) is 10.4. The van der Waals surface area contributed by atoms with Crippen molar-refractivity contribution in [2.24, 2.45) is 5.92 Å². The van der Waals surface area contributed by atoms with Crippen LogP contribution in [-0.2, 0) is 17.6 Å². The maximum absolute atomic E-state index is 12.5. The summed E-state index contributed by atoms with van der Waals surface area (Å²) in [6.07, 6.45) is 5.14. The Morgan fingerprint density at radius 3 is 3.10 bits per heavy atom. The molecule has 3 aromatic heterocycles. The standard InChI is InChI=1S/C22H23N5O2S2/c1-3-29-16-7-5-4-6-15(16)24-18(28)11-30-22-26-25-20-19-14-9-8-13(2)10-17(14)31-21(19)23-12-27(20)22/h4-7,12-13H,3,8-11H2,1-2H3,(H,24,28). The Hall–Kier alpha value is -2.65. The van der Waals surface area contributed by atoms with Crippen molar-refractivity contribution >= 4 is 50.6 Å². The number of ether oxygens (including phenoxy) is 1. The van der Waals surface area contributed by atoms with Crippen LogP contribution >= 0.6 is 23.1 Å². The number of aromatic nitrogens is 4. The molecule has 1 N–H and O–H groups in total. The molecular weight excluding hydrogens is 430 g/mol. The Labute approximate surface area is 188 Å². The summed E-state index contributed by atoms with van der Waals surface area (Å²) in [5.74, 6) is 1.48. The Morgan fingerprint density at radius 1 is 1.35 bits per heavy atom. The number of carbonyl (C=O) groups is 1. The quantitative estimate of drug-likeness (QED) is 0.430. The van der Waals surface area contributed by atoms with Crippen LogP contribution in [0, 0.1) is 5.92 Å². The molecule has 5 rings (SSSR count). The van der Waals surface area contributed by atoms with Crippen LogP contribution in [0.5, 0.6) is 5.75 Å². The minimum Gasteiger partial charge on any atom is -0.492 e. The lowest BCUT2D eigenvalue weighted by Crippen LogP contribution is -2.15. The number of benzene rings is 1. The van der Waals surface area contributed by atoms with Gasteiger partial charge < -0.3 is 10.1 Å². The molecule has 0 fully saturated rings. The van der Waals surface area contributed by atoms with Crippen LogP contribution in [-0.4, -0.2) is 37.8 Å². The van der Waals surface area contributed by atoms with Gasteiger partial charge >= 0.3 is 0 Å². The zero-order valence-electron chi connectivity index (χ0n) is 17.4. The Balaban J connectivity index is 1.36. The van der Waals surface area contributed by atoms with E-state index in [1.807, 2.05) is 35.6 Å². The average molecular weight is 454 g/mol. The number of fused-ring (bicyclic) bond motifs is 5. The molecule has 0 aliphatic heterocycles. The summed E-state index contributed by atoms with van der Waals surface area (Å²) in [6.45, 7) is 4.76. The lowest BCUT2D eigenvalue weighted by Gasteiger charge is -2.17. The van der Waals surface area contributed by atoms with Gasteiger partial charge in [-0.15, -0.1) is 21.5 Å². The van der Waals surface area contributed by atoms with Crippen molar-refractivity contribution < 1.29 is 9.53 Å². The van der Waals surface area contributed by atoms with Gasteiger partial charge in [-0.2, -0.15) is 0 Å². The zero-order chi connectivity index (χ0) is 21.4. The van der Waals surface area contributed by atoms with Crippen LogP contribution in [0.3, 0.4) is 0 Å². The molecule has 0 bridgehead atoms. The molecule has 0 saturated carbocycles. The molecule has 1 amide bonds. The number of rotatable bonds is 6. The molecule has 31 heavy (non-hydrogen) atoms. The number of thioether (sulfide) groups is 1. The summed E-state index contributed by atoms with van der Waals surface area (Å²) in [5, 5.41) is 13.5. The Morgan fingerprint density at radius 2 is 2.23 bits per heavy atom. The highest BCUT2D eigenvalue weighted by Gasteiger charge is 2.24. The molecule has 1 atom stereocenters. The van der Waals surface area contributed by atoms with E-state index in [1.54, 1.807) is 17.7 Å². The van der Waals surface area contributed by atoms with Gasteiger partial charge in [0, 0.05) is 4.88 Å². The molecule has 4 aromatic rings. The van der Waals surface area contributed by atoms with Crippen LogP contribution in [0.25, 0.3) is 15.9 Å². The van der Waals surface area contributed by atoms with Crippen molar-refractivity contribution in [1.29, 1.82) is 0 Å². The summed E-state index contributed by atoms with van der Waals surface area (Å²) in [5.41, 5.74) is 2.88. The second-order valence-electron chi connectivity index (χ2n) is 7.72. The molecule has 1 unspecified atom stereocenters. The third kappa shape index (κ3) is 3.87. The summed E-state index contributed by atoms with van der Waals surface area (Å²) >= 11 is 3.13. The molecule has 1 aliphatic rings. The third-order valence-corrected chi connectivity index (χ3v) is 7.57. The summed E-state index contributed by atoms with van der Waals surface area (Å²) < 4.78 is 7.48.